The fourth-order valence-corrected chi connectivity index (χ4v) is 7.18. The number of rotatable bonds is 4. The van der Waals surface area contributed by atoms with E-state index in [0.29, 0.717) is 5.39 Å². The molecule has 1 heterocycles. The zero-order valence-electron chi connectivity index (χ0n) is 15.2. The van der Waals surface area contributed by atoms with Crippen LogP contribution in [0.1, 0.15) is 0 Å². The fraction of sp³-hybridized carbons (Fsp3) is 0.200. The van der Waals surface area contributed by atoms with Crippen molar-refractivity contribution in [3.05, 3.63) is 66.7 Å². The van der Waals surface area contributed by atoms with Crippen LogP contribution < -0.4 is 4.31 Å². The van der Waals surface area contributed by atoms with E-state index in [4.69, 9.17) is 0 Å². The maximum Gasteiger partial charge on any atom is 0.264 e. The summed E-state index contributed by atoms with van der Waals surface area (Å²) in [5, 5.41) is 21.8. The topological polar surface area (TPSA) is 112 Å². The maximum absolute atomic E-state index is 13.6. The second-order valence-corrected chi connectivity index (χ2v) is 11.0. The lowest BCUT2D eigenvalue weighted by atomic mass is 10.1. The van der Waals surface area contributed by atoms with Crippen LogP contribution in [0.2, 0.25) is 0 Å². The SMILES string of the molecule is O=S1(=O)C[C@H](O)[C@@H](N(c2cccc(O)c2)S(=O)(=O)c2ccc3ccccc3c2)C1. The molecule has 2 N–H and O–H groups in total. The van der Waals surface area contributed by atoms with Gasteiger partial charge in [-0.3, -0.25) is 4.31 Å². The third kappa shape index (κ3) is 3.68. The third-order valence-electron chi connectivity index (χ3n) is 4.96. The minimum Gasteiger partial charge on any atom is -0.508 e. The molecule has 3 aromatic rings. The second-order valence-electron chi connectivity index (χ2n) is 7.04. The number of fused-ring (bicyclic) bond motifs is 1. The van der Waals surface area contributed by atoms with Crippen molar-refractivity contribution in [1.29, 1.82) is 0 Å². The minimum atomic E-state index is -4.23. The van der Waals surface area contributed by atoms with Gasteiger partial charge in [0.25, 0.3) is 10.0 Å². The van der Waals surface area contributed by atoms with Crippen LogP contribution in [0, 0.1) is 0 Å². The number of nitrogens with zero attached hydrogens (tertiary/aromatic N) is 1. The van der Waals surface area contributed by atoms with E-state index in [0.717, 1.165) is 9.69 Å². The van der Waals surface area contributed by atoms with Crippen LogP contribution >= 0.6 is 0 Å². The molecular weight excluding hydrogens is 414 g/mol. The fourth-order valence-electron chi connectivity index (χ4n) is 3.61. The molecule has 0 bridgehead atoms. The molecule has 0 aromatic heterocycles. The van der Waals surface area contributed by atoms with Crippen LogP contribution in [0.5, 0.6) is 5.75 Å². The molecule has 1 aliphatic rings. The van der Waals surface area contributed by atoms with E-state index in [1.54, 1.807) is 18.2 Å². The van der Waals surface area contributed by atoms with Gasteiger partial charge in [-0.2, -0.15) is 0 Å². The molecule has 152 valence electrons. The Morgan fingerprint density at radius 3 is 2.28 bits per heavy atom. The summed E-state index contributed by atoms with van der Waals surface area (Å²) in [4.78, 5) is -0.0314. The van der Waals surface area contributed by atoms with Crippen LogP contribution in [0.15, 0.2) is 71.6 Å². The summed E-state index contributed by atoms with van der Waals surface area (Å²) in [6.45, 7) is 0. The van der Waals surface area contributed by atoms with E-state index in [-0.39, 0.29) is 16.3 Å². The molecule has 0 saturated carbocycles. The molecular formula is C20H19NO6S2. The Balaban J connectivity index is 1.89. The Morgan fingerprint density at radius 1 is 0.897 bits per heavy atom. The first-order valence-electron chi connectivity index (χ1n) is 8.88. The smallest absolute Gasteiger partial charge is 0.264 e. The van der Waals surface area contributed by atoms with Crippen molar-refractivity contribution in [3.8, 4) is 5.75 Å². The number of benzene rings is 3. The second kappa shape index (κ2) is 7.01. The first-order valence-corrected chi connectivity index (χ1v) is 12.1. The van der Waals surface area contributed by atoms with Gasteiger partial charge in [-0.25, -0.2) is 16.8 Å². The first-order chi connectivity index (χ1) is 13.7. The number of aromatic hydroxyl groups is 1. The lowest BCUT2D eigenvalue weighted by molar-refractivity contribution is 0.184. The summed E-state index contributed by atoms with van der Waals surface area (Å²) < 4.78 is 52.2. The monoisotopic (exact) mass is 433 g/mol. The molecule has 3 aromatic carbocycles. The van der Waals surface area contributed by atoms with E-state index in [2.05, 4.69) is 0 Å². The Hall–Kier alpha value is -2.62. The van der Waals surface area contributed by atoms with Crippen molar-refractivity contribution in [2.45, 2.75) is 17.0 Å². The van der Waals surface area contributed by atoms with Gasteiger partial charge in [0.05, 0.1) is 34.2 Å². The van der Waals surface area contributed by atoms with E-state index in [1.165, 1.54) is 36.4 Å². The lowest BCUT2D eigenvalue weighted by Crippen LogP contribution is -2.47. The summed E-state index contributed by atoms with van der Waals surface area (Å²) in [6, 6.07) is 16.2. The number of phenols is 1. The van der Waals surface area contributed by atoms with Crippen molar-refractivity contribution in [3.63, 3.8) is 0 Å². The summed E-state index contributed by atoms with van der Waals surface area (Å²) in [6.07, 6.45) is -1.38. The van der Waals surface area contributed by atoms with Crippen LogP contribution in [0.4, 0.5) is 5.69 Å². The molecule has 0 aliphatic carbocycles. The van der Waals surface area contributed by atoms with Crippen molar-refractivity contribution in [2.24, 2.45) is 0 Å². The molecule has 29 heavy (non-hydrogen) atoms. The highest BCUT2D eigenvalue weighted by atomic mass is 32.2. The predicted molar refractivity (Wildman–Crippen MR) is 110 cm³/mol. The number of phenolic OH excluding ortho intramolecular Hbond substituents is 1. The van der Waals surface area contributed by atoms with Crippen LogP contribution in [0.3, 0.4) is 0 Å². The van der Waals surface area contributed by atoms with E-state index >= 15 is 0 Å². The van der Waals surface area contributed by atoms with Gasteiger partial charge in [0.2, 0.25) is 0 Å². The van der Waals surface area contributed by atoms with Crippen LogP contribution in [0.25, 0.3) is 10.8 Å². The number of aliphatic hydroxyl groups excluding tert-OH is 1. The minimum absolute atomic E-state index is 0.0314. The van der Waals surface area contributed by atoms with E-state index in [9.17, 15) is 27.0 Å². The molecule has 1 aliphatic heterocycles. The zero-order valence-corrected chi connectivity index (χ0v) is 16.8. The standard InChI is InChI=1S/C20H19NO6S2/c22-17-7-3-6-16(11-17)21(19-12-28(24,25)13-20(19)23)29(26,27)18-9-8-14-4-1-2-5-15(14)10-18/h1-11,19-20,22-23H,12-13H2/t19-,20-/m0/s1. The molecule has 1 saturated heterocycles. The van der Waals surface area contributed by atoms with Crippen molar-refractivity contribution >= 4 is 36.3 Å². The van der Waals surface area contributed by atoms with E-state index in [1.807, 2.05) is 12.1 Å². The average Bonchev–Trinajstić information content (AvgIpc) is 2.93. The molecule has 2 atom stereocenters. The Bertz CT molecular complexity index is 1290. The van der Waals surface area contributed by atoms with Crippen molar-refractivity contribution < 1.29 is 27.0 Å². The molecule has 0 amide bonds. The van der Waals surface area contributed by atoms with Gasteiger partial charge in [0, 0.05) is 6.07 Å². The third-order valence-corrected chi connectivity index (χ3v) is 8.50. The first kappa shape index (κ1) is 19.7. The number of sulfone groups is 1. The Morgan fingerprint density at radius 2 is 1.62 bits per heavy atom. The molecule has 4 rings (SSSR count). The molecule has 9 heteroatoms. The predicted octanol–water partition coefficient (Wildman–Crippen LogP) is 1.90. The molecule has 1 fully saturated rings. The molecule has 0 unspecified atom stereocenters. The van der Waals surface area contributed by atoms with Gasteiger partial charge < -0.3 is 10.2 Å². The highest BCUT2D eigenvalue weighted by molar-refractivity contribution is 7.93. The highest BCUT2D eigenvalue weighted by Crippen LogP contribution is 2.33. The highest BCUT2D eigenvalue weighted by Gasteiger charge is 2.45. The van der Waals surface area contributed by atoms with Gasteiger partial charge in [-0.05, 0) is 35.0 Å². The normalized spacial score (nSPS) is 21.3. The van der Waals surface area contributed by atoms with Crippen molar-refractivity contribution in [2.75, 3.05) is 15.8 Å². The lowest BCUT2D eigenvalue weighted by Gasteiger charge is -2.31. The molecule has 0 spiro atoms. The molecule has 0 radical (unpaired) electrons. The average molecular weight is 434 g/mol. The number of hydrogen-bond acceptors (Lipinski definition) is 6. The summed E-state index contributed by atoms with van der Waals surface area (Å²) >= 11 is 0. The quantitative estimate of drug-likeness (QED) is 0.650. The van der Waals surface area contributed by atoms with Gasteiger partial charge in [0.15, 0.2) is 9.84 Å². The Labute approximate surface area is 168 Å². The zero-order chi connectivity index (χ0) is 20.8. The largest absolute Gasteiger partial charge is 0.508 e. The van der Waals surface area contributed by atoms with E-state index < -0.39 is 43.5 Å². The number of hydrogen-bond donors (Lipinski definition) is 2. The number of aliphatic hydroxyl groups is 1. The van der Waals surface area contributed by atoms with Gasteiger partial charge in [-0.1, -0.05) is 36.4 Å². The van der Waals surface area contributed by atoms with Crippen molar-refractivity contribution in [1.82, 2.24) is 0 Å². The summed E-state index contributed by atoms with van der Waals surface area (Å²) in [7, 11) is -7.83. The van der Waals surface area contributed by atoms with Gasteiger partial charge in [0.1, 0.15) is 5.75 Å². The summed E-state index contributed by atoms with van der Waals surface area (Å²) in [5.74, 6) is -1.19. The van der Waals surface area contributed by atoms with Crippen LogP contribution in [-0.2, 0) is 19.9 Å². The maximum atomic E-state index is 13.6. The molecule has 7 nitrogen and oxygen atoms in total. The van der Waals surface area contributed by atoms with Crippen LogP contribution in [-0.4, -0.2) is 50.7 Å². The number of sulfonamides is 1. The summed E-state index contributed by atoms with van der Waals surface area (Å²) in [5.41, 5.74) is 0.0827. The van der Waals surface area contributed by atoms with Gasteiger partial charge >= 0.3 is 0 Å². The van der Waals surface area contributed by atoms with Gasteiger partial charge in [-0.15, -0.1) is 0 Å². The Kier molecular flexibility index (Phi) is 4.76. The number of anilines is 1.